The van der Waals surface area contributed by atoms with Crippen molar-refractivity contribution in [1.29, 1.82) is 0 Å². The lowest BCUT2D eigenvalue weighted by Gasteiger charge is -2.26. The van der Waals surface area contributed by atoms with Gasteiger partial charge >= 0.3 is 0 Å². The van der Waals surface area contributed by atoms with Gasteiger partial charge in [-0.3, -0.25) is 9.11 Å². The maximum absolute atomic E-state index is 12.1. The molecule has 1 fully saturated rings. The zero-order valence-electron chi connectivity index (χ0n) is 15.3. The van der Waals surface area contributed by atoms with Crippen LogP contribution in [0.5, 0.6) is 0 Å². The van der Waals surface area contributed by atoms with Gasteiger partial charge in [0.15, 0.2) is 5.84 Å². The van der Waals surface area contributed by atoms with Crippen molar-refractivity contribution in [2.24, 2.45) is 10.9 Å². The van der Waals surface area contributed by atoms with Crippen LogP contribution in [0.4, 0.5) is 0 Å². The highest BCUT2D eigenvalue weighted by molar-refractivity contribution is 7.85. The van der Waals surface area contributed by atoms with Crippen molar-refractivity contribution in [3.8, 4) is 0 Å². The lowest BCUT2D eigenvalue weighted by atomic mass is 10.1. The molecule has 1 heterocycles. The number of ether oxygens (including phenoxy) is 1. The largest absolute Gasteiger partial charge is 0.393 e. The molecule has 3 rings (SSSR count). The molecule has 1 unspecified atom stereocenters. The summed E-state index contributed by atoms with van der Waals surface area (Å²) in [4.78, 5) is 8.41. The molecule has 1 saturated heterocycles. The number of hydrogen-bond donors (Lipinski definition) is 1. The van der Waals surface area contributed by atoms with Crippen LogP contribution in [0.15, 0.2) is 64.6 Å². The van der Waals surface area contributed by atoms with Crippen LogP contribution >= 0.6 is 0 Å². The molecule has 2 aromatic carbocycles. The molecule has 0 spiro atoms. The van der Waals surface area contributed by atoms with E-state index in [1.807, 2.05) is 48.5 Å². The summed E-state index contributed by atoms with van der Waals surface area (Å²) >= 11 is 0. The van der Waals surface area contributed by atoms with Gasteiger partial charge < -0.3 is 15.3 Å². The third-order valence-electron chi connectivity index (χ3n) is 4.26. The van der Waals surface area contributed by atoms with Crippen molar-refractivity contribution in [1.82, 2.24) is 4.90 Å². The quantitative estimate of drug-likeness (QED) is 0.324. The van der Waals surface area contributed by atoms with Crippen molar-refractivity contribution < 1.29 is 13.8 Å². The number of nitrogens with two attached hydrogens (primary N) is 1. The first-order chi connectivity index (χ1) is 13.2. The molecule has 6 nitrogen and oxygen atoms in total. The Balaban J connectivity index is 1.50. The highest BCUT2D eigenvalue weighted by Crippen LogP contribution is 2.10. The van der Waals surface area contributed by atoms with Gasteiger partial charge in [-0.1, -0.05) is 41.6 Å². The number of hydrogen-bond acceptors (Lipinski definition) is 5. The summed E-state index contributed by atoms with van der Waals surface area (Å²) < 4.78 is 17.5. The van der Waals surface area contributed by atoms with E-state index >= 15 is 0 Å². The predicted octanol–water partition coefficient (Wildman–Crippen LogP) is 1.96. The Bertz CT molecular complexity index is 777. The fourth-order valence-corrected chi connectivity index (χ4v) is 3.74. The highest BCUT2D eigenvalue weighted by atomic mass is 32.2. The number of amidine groups is 1. The lowest BCUT2D eigenvalue weighted by molar-refractivity contribution is 0.0342. The Kier molecular flexibility index (Phi) is 7.38. The Morgan fingerprint density at radius 3 is 2.70 bits per heavy atom. The van der Waals surface area contributed by atoms with Gasteiger partial charge in [0.25, 0.3) is 0 Å². The number of morpholine rings is 1. The lowest BCUT2D eigenvalue weighted by Crippen LogP contribution is -2.35. The molecule has 1 aliphatic heterocycles. The maximum atomic E-state index is 12.1. The van der Waals surface area contributed by atoms with Crippen LogP contribution in [-0.4, -0.2) is 53.6 Å². The van der Waals surface area contributed by atoms with Gasteiger partial charge in [0, 0.05) is 30.1 Å². The van der Waals surface area contributed by atoms with Crippen LogP contribution in [0.25, 0.3) is 0 Å². The van der Waals surface area contributed by atoms with E-state index in [0.717, 1.165) is 43.3 Å². The van der Waals surface area contributed by atoms with Gasteiger partial charge in [-0.2, -0.15) is 0 Å². The maximum Gasteiger partial charge on any atom is 0.170 e. The first kappa shape index (κ1) is 19.5. The summed E-state index contributed by atoms with van der Waals surface area (Å²) in [6.45, 7) is 4.55. The molecule has 1 atom stereocenters. The molecular weight excluding hydrogens is 362 g/mol. The number of rotatable bonds is 8. The van der Waals surface area contributed by atoms with Gasteiger partial charge in [0.1, 0.15) is 6.61 Å². The third kappa shape index (κ3) is 6.16. The van der Waals surface area contributed by atoms with E-state index in [0.29, 0.717) is 11.6 Å². The molecule has 0 bridgehead atoms. The van der Waals surface area contributed by atoms with Gasteiger partial charge in [-0.15, -0.1) is 0 Å². The summed E-state index contributed by atoms with van der Waals surface area (Å²) in [7, 11) is -1.10. The van der Waals surface area contributed by atoms with Crippen LogP contribution in [0, 0.1) is 0 Å². The Labute approximate surface area is 162 Å². The monoisotopic (exact) mass is 387 g/mol. The molecule has 0 amide bonds. The van der Waals surface area contributed by atoms with E-state index in [4.69, 9.17) is 15.3 Å². The highest BCUT2D eigenvalue weighted by Gasteiger charge is 2.11. The first-order valence-corrected chi connectivity index (χ1v) is 10.3. The average Bonchev–Trinajstić information content (AvgIpc) is 2.72. The minimum atomic E-state index is -1.10. The summed E-state index contributed by atoms with van der Waals surface area (Å²) in [5.74, 6) is 0.696. The second-order valence-electron chi connectivity index (χ2n) is 6.26. The van der Waals surface area contributed by atoms with E-state index in [9.17, 15) is 4.21 Å². The van der Waals surface area contributed by atoms with E-state index in [1.54, 1.807) is 0 Å². The zero-order chi connectivity index (χ0) is 18.9. The summed E-state index contributed by atoms with van der Waals surface area (Å²) in [6, 6.07) is 17.3. The van der Waals surface area contributed by atoms with Gasteiger partial charge in [-0.05, 0) is 23.8 Å². The first-order valence-electron chi connectivity index (χ1n) is 9.00. The van der Waals surface area contributed by atoms with E-state index in [-0.39, 0.29) is 6.61 Å². The number of oxime groups is 1. The van der Waals surface area contributed by atoms with Crippen LogP contribution < -0.4 is 5.73 Å². The van der Waals surface area contributed by atoms with Crippen molar-refractivity contribution >= 4 is 16.6 Å². The SMILES string of the molecule is NC(=NOCCS(=O)c1ccccc1)c1cccc(CN2CCOCC2)c1. The molecule has 0 aliphatic carbocycles. The van der Waals surface area contributed by atoms with Crippen molar-refractivity contribution in [2.75, 3.05) is 38.7 Å². The van der Waals surface area contributed by atoms with Gasteiger partial charge in [0.05, 0.1) is 29.8 Å². The Hall–Kier alpha value is -2.22. The van der Waals surface area contributed by atoms with Crippen LogP contribution in [0.2, 0.25) is 0 Å². The predicted molar refractivity (Wildman–Crippen MR) is 107 cm³/mol. The fourth-order valence-electron chi connectivity index (χ4n) is 2.82. The summed E-state index contributed by atoms with van der Waals surface area (Å²) in [5, 5.41) is 3.97. The molecule has 27 heavy (non-hydrogen) atoms. The molecule has 1 aliphatic rings. The molecule has 2 aromatic rings. The van der Waals surface area contributed by atoms with Gasteiger partial charge in [-0.25, -0.2) is 0 Å². The minimum Gasteiger partial charge on any atom is -0.393 e. The Morgan fingerprint density at radius 1 is 1.15 bits per heavy atom. The average molecular weight is 388 g/mol. The van der Waals surface area contributed by atoms with E-state index in [2.05, 4.69) is 16.1 Å². The molecular formula is C20H25N3O3S. The van der Waals surface area contributed by atoms with Crippen LogP contribution in [0.1, 0.15) is 11.1 Å². The third-order valence-corrected chi connectivity index (χ3v) is 5.60. The summed E-state index contributed by atoms with van der Waals surface area (Å²) in [5.41, 5.74) is 8.04. The second-order valence-corrected chi connectivity index (χ2v) is 7.83. The standard InChI is InChI=1S/C20H25N3O3S/c21-20(22-26-13-14-27(24)19-7-2-1-3-8-19)18-6-4-5-17(15-18)16-23-9-11-25-12-10-23/h1-8,15H,9-14,16H2,(H2,21,22). The Morgan fingerprint density at radius 2 is 1.93 bits per heavy atom. The molecule has 0 aromatic heterocycles. The van der Waals surface area contributed by atoms with Gasteiger partial charge in [0.2, 0.25) is 0 Å². The molecule has 0 saturated carbocycles. The number of benzene rings is 2. The van der Waals surface area contributed by atoms with Crippen LogP contribution in [0.3, 0.4) is 0 Å². The molecule has 0 radical (unpaired) electrons. The number of nitrogens with zero attached hydrogens (tertiary/aromatic N) is 2. The van der Waals surface area contributed by atoms with E-state index < -0.39 is 10.8 Å². The van der Waals surface area contributed by atoms with Crippen LogP contribution in [-0.2, 0) is 26.9 Å². The van der Waals surface area contributed by atoms with Crippen molar-refractivity contribution in [3.05, 3.63) is 65.7 Å². The zero-order valence-corrected chi connectivity index (χ0v) is 16.1. The van der Waals surface area contributed by atoms with E-state index in [1.165, 1.54) is 5.56 Å². The molecule has 7 heteroatoms. The topological polar surface area (TPSA) is 77.2 Å². The molecule has 144 valence electrons. The van der Waals surface area contributed by atoms with Crippen molar-refractivity contribution in [3.63, 3.8) is 0 Å². The van der Waals surface area contributed by atoms with Crippen molar-refractivity contribution in [2.45, 2.75) is 11.4 Å². The second kappa shape index (κ2) is 10.2. The fraction of sp³-hybridized carbons (Fsp3) is 0.350. The molecule has 2 N–H and O–H groups in total. The normalized spacial score (nSPS) is 16.8. The smallest absolute Gasteiger partial charge is 0.170 e. The minimum absolute atomic E-state index is 0.246. The summed E-state index contributed by atoms with van der Waals surface area (Å²) in [6.07, 6.45) is 0.